The maximum atomic E-state index is 6.34. The second kappa shape index (κ2) is 5.87. The molecule has 94 valence electrons. The van der Waals surface area contributed by atoms with Crippen molar-refractivity contribution in [3.63, 3.8) is 0 Å². The van der Waals surface area contributed by atoms with Gasteiger partial charge in [0.05, 0.1) is 17.2 Å². The average molecular weight is 299 g/mol. The SMILES string of the molecule is COc1ccccc1-c1ccc(SC)c(Cl)c1Cl. The van der Waals surface area contributed by atoms with Crippen molar-refractivity contribution in [2.45, 2.75) is 4.90 Å². The van der Waals surface area contributed by atoms with Gasteiger partial charge in [-0.15, -0.1) is 11.8 Å². The molecule has 18 heavy (non-hydrogen) atoms. The molecule has 0 aromatic heterocycles. The smallest absolute Gasteiger partial charge is 0.126 e. The van der Waals surface area contributed by atoms with E-state index in [1.54, 1.807) is 18.9 Å². The van der Waals surface area contributed by atoms with E-state index in [1.807, 2.05) is 42.7 Å². The van der Waals surface area contributed by atoms with Crippen molar-refractivity contribution in [2.75, 3.05) is 13.4 Å². The fourth-order valence-corrected chi connectivity index (χ4v) is 2.97. The zero-order valence-electron chi connectivity index (χ0n) is 10.0. The van der Waals surface area contributed by atoms with E-state index < -0.39 is 0 Å². The van der Waals surface area contributed by atoms with E-state index in [2.05, 4.69) is 0 Å². The molecule has 0 saturated heterocycles. The van der Waals surface area contributed by atoms with E-state index in [-0.39, 0.29) is 0 Å². The number of rotatable bonds is 3. The van der Waals surface area contributed by atoms with Gasteiger partial charge in [0.25, 0.3) is 0 Å². The van der Waals surface area contributed by atoms with Gasteiger partial charge in [-0.1, -0.05) is 47.5 Å². The second-order valence-electron chi connectivity index (χ2n) is 3.64. The van der Waals surface area contributed by atoms with Gasteiger partial charge >= 0.3 is 0 Å². The highest BCUT2D eigenvalue weighted by Gasteiger charge is 2.13. The molecule has 0 amide bonds. The van der Waals surface area contributed by atoms with E-state index in [0.717, 1.165) is 21.8 Å². The van der Waals surface area contributed by atoms with Crippen LogP contribution in [0.2, 0.25) is 10.0 Å². The van der Waals surface area contributed by atoms with Gasteiger partial charge in [0.1, 0.15) is 5.75 Å². The normalized spacial score (nSPS) is 10.4. The van der Waals surface area contributed by atoms with Crippen LogP contribution in [0.4, 0.5) is 0 Å². The molecule has 0 aliphatic carbocycles. The summed E-state index contributed by atoms with van der Waals surface area (Å²) in [7, 11) is 1.64. The Bertz CT molecular complexity index is 570. The summed E-state index contributed by atoms with van der Waals surface area (Å²) in [5.74, 6) is 0.785. The molecule has 0 N–H and O–H groups in total. The molecular weight excluding hydrogens is 287 g/mol. The third kappa shape index (κ3) is 2.46. The predicted octanol–water partition coefficient (Wildman–Crippen LogP) is 5.39. The highest BCUT2D eigenvalue weighted by molar-refractivity contribution is 7.98. The predicted molar refractivity (Wildman–Crippen MR) is 80.2 cm³/mol. The van der Waals surface area contributed by atoms with Crippen molar-refractivity contribution in [1.82, 2.24) is 0 Å². The van der Waals surface area contributed by atoms with Crippen molar-refractivity contribution in [2.24, 2.45) is 0 Å². The van der Waals surface area contributed by atoms with Crippen molar-refractivity contribution in [1.29, 1.82) is 0 Å². The molecular formula is C14H12Cl2OS. The lowest BCUT2D eigenvalue weighted by molar-refractivity contribution is 0.416. The molecule has 0 spiro atoms. The molecule has 2 rings (SSSR count). The molecule has 0 aliphatic heterocycles. The van der Waals surface area contributed by atoms with Crippen molar-refractivity contribution in [3.05, 3.63) is 46.4 Å². The molecule has 2 aromatic rings. The highest BCUT2D eigenvalue weighted by atomic mass is 35.5. The van der Waals surface area contributed by atoms with E-state index in [9.17, 15) is 0 Å². The molecule has 0 fully saturated rings. The number of hydrogen-bond acceptors (Lipinski definition) is 2. The van der Waals surface area contributed by atoms with Crippen LogP contribution in [0.25, 0.3) is 11.1 Å². The van der Waals surface area contributed by atoms with Crippen LogP contribution in [0.3, 0.4) is 0 Å². The van der Waals surface area contributed by atoms with Crippen molar-refractivity contribution < 1.29 is 4.74 Å². The quantitative estimate of drug-likeness (QED) is 0.703. The van der Waals surface area contributed by atoms with Gasteiger partial charge in [0.2, 0.25) is 0 Å². The van der Waals surface area contributed by atoms with Gasteiger partial charge in [-0.25, -0.2) is 0 Å². The summed E-state index contributed by atoms with van der Waals surface area (Å²) < 4.78 is 5.34. The van der Waals surface area contributed by atoms with Gasteiger partial charge in [0, 0.05) is 16.0 Å². The summed E-state index contributed by atoms with van der Waals surface area (Å²) >= 11 is 14.2. The molecule has 0 radical (unpaired) electrons. The number of benzene rings is 2. The molecule has 0 bridgehead atoms. The lowest BCUT2D eigenvalue weighted by Crippen LogP contribution is -1.89. The lowest BCUT2D eigenvalue weighted by Gasteiger charge is -2.12. The zero-order chi connectivity index (χ0) is 13.1. The number of halogens is 2. The first-order valence-electron chi connectivity index (χ1n) is 5.34. The minimum Gasteiger partial charge on any atom is -0.496 e. The van der Waals surface area contributed by atoms with Crippen LogP contribution in [-0.2, 0) is 0 Å². The monoisotopic (exact) mass is 298 g/mol. The molecule has 0 aliphatic rings. The van der Waals surface area contributed by atoms with Crippen LogP contribution in [0.1, 0.15) is 0 Å². The first-order valence-corrected chi connectivity index (χ1v) is 7.32. The number of hydrogen-bond donors (Lipinski definition) is 0. The Balaban J connectivity index is 2.61. The van der Waals surface area contributed by atoms with Crippen LogP contribution in [0.5, 0.6) is 5.75 Å². The molecule has 0 unspecified atom stereocenters. The minimum absolute atomic E-state index is 0.563. The standard InChI is InChI=1S/C14H12Cl2OS/c1-17-11-6-4-3-5-9(11)10-7-8-12(18-2)14(16)13(10)15/h3-8H,1-2H3. The number of methoxy groups -OCH3 is 1. The average Bonchev–Trinajstić information content (AvgIpc) is 2.42. The molecule has 0 heterocycles. The summed E-state index contributed by atoms with van der Waals surface area (Å²) in [5.41, 5.74) is 1.83. The number of para-hydroxylation sites is 1. The highest BCUT2D eigenvalue weighted by Crippen LogP contribution is 2.41. The Morgan fingerprint density at radius 1 is 0.944 bits per heavy atom. The molecule has 4 heteroatoms. The Morgan fingerprint density at radius 3 is 2.33 bits per heavy atom. The van der Waals surface area contributed by atoms with Gasteiger partial charge in [0.15, 0.2) is 0 Å². The van der Waals surface area contributed by atoms with Gasteiger partial charge < -0.3 is 4.74 Å². The fraction of sp³-hybridized carbons (Fsp3) is 0.143. The molecule has 0 atom stereocenters. The van der Waals surface area contributed by atoms with Crippen molar-refractivity contribution >= 4 is 35.0 Å². The van der Waals surface area contributed by atoms with Gasteiger partial charge in [-0.05, 0) is 18.4 Å². The summed E-state index contributed by atoms with van der Waals surface area (Å²) in [5, 5.41) is 1.15. The van der Waals surface area contributed by atoms with Crippen LogP contribution in [0, 0.1) is 0 Å². The Kier molecular flexibility index (Phi) is 4.44. The number of ether oxygens (including phenoxy) is 1. The molecule has 0 saturated carbocycles. The third-order valence-electron chi connectivity index (χ3n) is 2.66. The summed E-state index contributed by atoms with van der Waals surface area (Å²) in [6.07, 6.45) is 1.97. The fourth-order valence-electron chi connectivity index (χ4n) is 1.76. The first-order chi connectivity index (χ1) is 8.69. The second-order valence-corrected chi connectivity index (χ2v) is 5.25. The maximum Gasteiger partial charge on any atom is 0.126 e. The minimum atomic E-state index is 0.563. The van der Waals surface area contributed by atoms with E-state index in [0.29, 0.717) is 10.0 Å². The largest absolute Gasteiger partial charge is 0.496 e. The van der Waals surface area contributed by atoms with Crippen molar-refractivity contribution in [3.8, 4) is 16.9 Å². The lowest BCUT2D eigenvalue weighted by atomic mass is 10.0. The zero-order valence-corrected chi connectivity index (χ0v) is 12.4. The summed E-state index contributed by atoms with van der Waals surface area (Å²) in [6, 6.07) is 11.7. The molecule has 2 aromatic carbocycles. The summed E-state index contributed by atoms with van der Waals surface area (Å²) in [4.78, 5) is 0.973. The van der Waals surface area contributed by atoms with Gasteiger partial charge in [-0.2, -0.15) is 0 Å². The number of thioether (sulfide) groups is 1. The molecule has 1 nitrogen and oxygen atoms in total. The first kappa shape index (κ1) is 13.6. The summed E-state index contributed by atoms with van der Waals surface area (Å²) in [6.45, 7) is 0. The Labute approximate surface area is 121 Å². The van der Waals surface area contributed by atoms with E-state index in [1.165, 1.54) is 0 Å². The van der Waals surface area contributed by atoms with Crippen LogP contribution in [-0.4, -0.2) is 13.4 Å². The third-order valence-corrected chi connectivity index (χ3v) is 4.44. The topological polar surface area (TPSA) is 9.23 Å². The van der Waals surface area contributed by atoms with Gasteiger partial charge in [-0.3, -0.25) is 0 Å². The Hall–Kier alpha value is -0.830. The van der Waals surface area contributed by atoms with Crippen LogP contribution in [0.15, 0.2) is 41.3 Å². The van der Waals surface area contributed by atoms with E-state index in [4.69, 9.17) is 27.9 Å². The Morgan fingerprint density at radius 2 is 1.67 bits per heavy atom. The van der Waals surface area contributed by atoms with E-state index >= 15 is 0 Å². The van der Waals surface area contributed by atoms with Crippen LogP contribution >= 0.6 is 35.0 Å². The maximum absolute atomic E-state index is 6.34. The van der Waals surface area contributed by atoms with Crippen LogP contribution < -0.4 is 4.74 Å².